The predicted octanol–water partition coefficient (Wildman–Crippen LogP) is -3.10. The van der Waals surface area contributed by atoms with E-state index in [-0.39, 0.29) is 134 Å². The number of aliphatic carboxylic acids is 1. The number of carboxylic acids is 1. The van der Waals surface area contributed by atoms with Gasteiger partial charge in [0.1, 0.15) is 78.9 Å². The summed E-state index contributed by atoms with van der Waals surface area (Å²) in [5, 5.41) is 92.2. The van der Waals surface area contributed by atoms with Crippen molar-refractivity contribution < 1.29 is 111 Å². The number of rotatable bonds is 61. The molecule has 2 saturated heterocycles. The third kappa shape index (κ3) is 44.7. The predicted molar refractivity (Wildman–Crippen MR) is 529 cm³/mol. The van der Waals surface area contributed by atoms with Crippen molar-refractivity contribution in [3.63, 3.8) is 0 Å². The molecule has 5 heterocycles. The number of ketones is 1. The Balaban J connectivity index is 0.936. The number of nitrogens with zero attached hydrogens (tertiary/aromatic N) is 5. The largest absolute Gasteiger partial charge is 0.481 e. The minimum atomic E-state index is -1.81. The van der Waals surface area contributed by atoms with E-state index < -0.39 is 250 Å². The van der Waals surface area contributed by atoms with Crippen LogP contribution >= 0.6 is 0 Å². The van der Waals surface area contributed by atoms with Crippen LogP contribution in [0.1, 0.15) is 223 Å². The summed E-state index contributed by atoms with van der Waals surface area (Å²) in [5.74, 6) is -15.5. The summed E-state index contributed by atoms with van der Waals surface area (Å²) in [6, 6.07) is -2.65. The number of amides is 16. The monoisotopic (exact) mass is 2050 g/mol. The van der Waals surface area contributed by atoms with Crippen LogP contribution in [0.3, 0.4) is 0 Å². The lowest BCUT2D eigenvalue weighted by molar-refractivity contribution is -0.143. The molecule has 3 aromatic heterocycles. The molecule has 28 N–H and O–H groups in total. The fourth-order valence-corrected chi connectivity index (χ4v) is 16.6. The third-order valence-electron chi connectivity index (χ3n) is 24.7. The number of carboxylic acid groups (broad SMARTS) is 1. The van der Waals surface area contributed by atoms with Crippen LogP contribution in [0, 0.1) is 5.41 Å². The van der Waals surface area contributed by atoms with Crippen LogP contribution in [0.5, 0.6) is 0 Å². The number of H-pyrrole nitrogens is 3. The molecular formula is C96H147N27O23. The maximum Gasteiger partial charge on any atom is 0.303 e. The Bertz CT molecular complexity index is 5010. The number of Topliss-reactive ketones (excluding diaryl/α,β-unsaturated/α-hetero) is 1. The number of tetrazole rings is 1. The van der Waals surface area contributed by atoms with Crippen LogP contribution in [0.4, 0.5) is 0 Å². The molecule has 2 fully saturated rings. The van der Waals surface area contributed by atoms with E-state index in [1.54, 1.807) is 49.5 Å². The summed E-state index contributed by atoms with van der Waals surface area (Å²) in [6.45, 7) is -0.726. The number of para-hydroxylation sites is 1. The van der Waals surface area contributed by atoms with Crippen molar-refractivity contribution in [1.82, 2.24) is 120 Å². The number of carbonyl (C=O) groups excluding carboxylic acids is 17. The Morgan fingerprint density at radius 3 is 1.86 bits per heavy atom. The lowest BCUT2D eigenvalue weighted by Gasteiger charge is -2.31. The Hall–Kier alpha value is -14.0. The van der Waals surface area contributed by atoms with E-state index in [0.29, 0.717) is 24.0 Å². The first kappa shape index (κ1) is 119. The molecule has 7 rings (SSSR count). The van der Waals surface area contributed by atoms with E-state index in [1.807, 2.05) is 18.2 Å². The van der Waals surface area contributed by atoms with Gasteiger partial charge in [0.15, 0.2) is 11.7 Å². The van der Waals surface area contributed by atoms with Crippen LogP contribution < -0.4 is 97.0 Å². The molecule has 146 heavy (non-hydrogen) atoms. The van der Waals surface area contributed by atoms with Crippen molar-refractivity contribution in [3.05, 3.63) is 96.0 Å². The standard InChI is InChI=1S/C96H147N27O23/c1-3-4-29-67(86(135)114-71-36-39-80(128)102-41-24-23-30-65(59(2)125)110-90(139)73(48-61-52-105-66-31-22-21-28-64(61)66)115-87(136)68(32-25-42-104-96(99)100)111-89(138)72(47-60-26-17-16-18-27-60)117-94(143)77-50-63(126)55-123(77)95(71)144)112-92(141)75(51-97)118-91(140)74(49-62-53-101-58-107-62)116-88(137)70(35-38-78(98)127)113-93(142)76(56-124)109-82(130)54-106-83(131)57-146-46-45-145-44-43-103-85(134)69(37-40-84(132)133)108-81(129)34-20-15-13-11-9-7-5-6-8-10-12-14-19-33-79-119-121-122-120-79/h16-18,21-22,26-28,31,52-53,58,63,65,67-77,105,124,126H,3-15,19-20,23-25,29-30,32-51,54-57,97H2,1-2H3,(H2,98,127)(H,101,107)(H,102,128)(H,103,134)(H,106,131)(H,108,129)(H,109,130)(H,110,139)(H,111,138)(H,112,141)(H,113,142)(H,114,135)(H,115,136)(H,116,137)(H,117,143)(H,118,140)(H,132,133)(H4,99,100,104)(H,119,120,121,122)/t63-,65+,67+,68+,69-,70+,71+,72-,73+,74+,75+,76+,77+/m1/s1. The molecule has 0 bridgehead atoms. The molecule has 16 amide bonds. The van der Waals surface area contributed by atoms with Crippen LogP contribution in [0.25, 0.3) is 10.9 Å². The van der Waals surface area contributed by atoms with E-state index in [2.05, 4.69) is 115 Å². The van der Waals surface area contributed by atoms with E-state index >= 15 is 14.4 Å². The zero-order chi connectivity index (χ0) is 106. The number of unbranched alkanes of at least 4 members (excludes halogenated alkanes) is 13. The molecule has 0 saturated carbocycles. The quantitative estimate of drug-likeness (QED) is 0.0104. The molecule has 2 aromatic carbocycles. The molecule has 0 radical (unpaired) electrons. The number of aromatic nitrogens is 7. The van der Waals surface area contributed by atoms with Gasteiger partial charge in [-0.2, -0.15) is 0 Å². The van der Waals surface area contributed by atoms with Crippen molar-refractivity contribution in [1.29, 1.82) is 5.41 Å². The number of aryl methyl sites for hydroxylation is 1. The van der Waals surface area contributed by atoms with Gasteiger partial charge in [-0.25, -0.2) is 10.1 Å². The first-order chi connectivity index (χ1) is 70.2. The third-order valence-corrected chi connectivity index (χ3v) is 24.7. The summed E-state index contributed by atoms with van der Waals surface area (Å²) in [4.78, 5) is 261. The molecule has 0 aliphatic carbocycles. The fraction of sp³-hybridized carbons (Fsp3) is 0.615. The van der Waals surface area contributed by atoms with Gasteiger partial charge in [0.25, 0.3) is 0 Å². The number of aliphatic hydroxyl groups is 2. The second-order valence-corrected chi connectivity index (χ2v) is 36.4. The van der Waals surface area contributed by atoms with Gasteiger partial charge in [-0.05, 0) is 105 Å². The van der Waals surface area contributed by atoms with Crippen molar-refractivity contribution in [2.45, 2.75) is 304 Å². The molecule has 2 aliphatic heterocycles. The second-order valence-electron chi connectivity index (χ2n) is 36.4. The summed E-state index contributed by atoms with van der Waals surface area (Å²) >= 11 is 0. The number of guanidine groups is 1. The average Bonchev–Trinajstić information content (AvgIpc) is 1.66. The van der Waals surface area contributed by atoms with Crippen LogP contribution in [-0.2, 0) is 121 Å². The van der Waals surface area contributed by atoms with Gasteiger partial charge >= 0.3 is 5.97 Å². The maximum atomic E-state index is 15.4. The van der Waals surface area contributed by atoms with Crippen LogP contribution in [0.2, 0.25) is 0 Å². The van der Waals surface area contributed by atoms with E-state index in [9.17, 15) is 87.2 Å². The first-order valence-electron chi connectivity index (χ1n) is 50.2. The summed E-state index contributed by atoms with van der Waals surface area (Å²) < 4.78 is 10.8. The highest BCUT2D eigenvalue weighted by Gasteiger charge is 2.45. The first-order valence-corrected chi connectivity index (χ1v) is 50.2. The number of ether oxygens (including phenoxy) is 2. The van der Waals surface area contributed by atoms with Gasteiger partial charge in [0.2, 0.25) is 94.5 Å². The lowest BCUT2D eigenvalue weighted by Crippen LogP contribution is -2.62. The molecule has 804 valence electrons. The van der Waals surface area contributed by atoms with E-state index in [4.69, 9.17) is 32.1 Å². The second kappa shape index (κ2) is 66.1. The number of carbonyl (C=O) groups is 18. The fourth-order valence-electron chi connectivity index (χ4n) is 16.6. The van der Waals surface area contributed by atoms with Crippen molar-refractivity contribution in [2.24, 2.45) is 17.2 Å². The Kier molecular flexibility index (Phi) is 53.8. The topological polar surface area (TPSA) is 771 Å². The van der Waals surface area contributed by atoms with Gasteiger partial charge in [-0.15, -0.1) is 5.10 Å². The molecule has 5 aromatic rings. The SMILES string of the molecule is CCCC[C@H](NC(=O)[C@H](CN)NC(=O)[C@H](Cc1c[nH]cn1)NC(=O)[C@H](CCC(N)=O)NC(=O)[C@H](CO)NC(=O)CNC(=O)COCCOCCNC(=O)[C@@H](CCC(=O)O)NC(=O)CCCCCCCCCCCCCCCc1nnn[nH]1)C(=O)N[C@H]1CCC(=O)NCCCC[C@@H](C(C)=O)NC(=O)[C@H](Cc2c[nH]c3ccccc23)NC(=O)[C@H](CCCNC(=N)N)NC(=O)[C@@H](Cc2ccccc2)NC(=O)[C@@H]2C[C@@H](O)CN2C1=O. The molecule has 0 spiro atoms. The molecule has 2 aliphatic rings. The van der Waals surface area contributed by atoms with Gasteiger partial charge < -0.3 is 137 Å². The van der Waals surface area contributed by atoms with E-state index in [0.717, 1.165) is 73.0 Å². The highest BCUT2D eigenvalue weighted by atomic mass is 16.5. The summed E-state index contributed by atoms with van der Waals surface area (Å²) in [5.41, 5.74) is 19.3. The van der Waals surface area contributed by atoms with Crippen molar-refractivity contribution in [2.75, 3.05) is 72.3 Å². The number of aromatic amines is 3. The Labute approximate surface area is 845 Å². The number of hydrogen-bond donors (Lipinski definition) is 25. The molecule has 0 unspecified atom stereocenters. The smallest absolute Gasteiger partial charge is 0.303 e. The summed E-state index contributed by atoms with van der Waals surface area (Å²) in [6.07, 6.45) is 15.4. The summed E-state index contributed by atoms with van der Waals surface area (Å²) in [7, 11) is 0. The molecule has 13 atom stereocenters. The van der Waals surface area contributed by atoms with Gasteiger partial charge in [0, 0.05) is 114 Å². The molecular weight excluding hydrogens is 1900 g/mol. The van der Waals surface area contributed by atoms with Crippen molar-refractivity contribution in [3.8, 4) is 0 Å². The number of benzene rings is 2. The van der Waals surface area contributed by atoms with Gasteiger partial charge in [-0.3, -0.25) is 91.7 Å². The van der Waals surface area contributed by atoms with Gasteiger partial charge in [0.05, 0.1) is 57.1 Å². The Morgan fingerprint density at radius 2 is 1.20 bits per heavy atom. The lowest BCUT2D eigenvalue weighted by atomic mass is 10.0. The number of imidazole rings is 1. The number of aliphatic hydroxyl groups excluding tert-OH is 2. The molecule has 50 nitrogen and oxygen atoms in total. The van der Waals surface area contributed by atoms with E-state index in [1.165, 1.54) is 51.6 Å². The average molecular weight is 2050 g/mol. The molecule has 50 heteroatoms. The zero-order valence-electron chi connectivity index (χ0n) is 83.0. The number of nitrogens with two attached hydrogens (primary N) is 3. The highest BCUT2D eigenvalue weighted by Crippen LogP contribution is 2.25. The van der Waals surface area contributed by atoms with Crippen molar-refractivity contribution >= 4 is 123 Å². The maximum absolute atomic E-state index is 15.4. The number of fused-ring (bicyclic) bond motifs is 2. The van der Waals surface area contributed by atoms with Gasteiger partial charge in [-0.1, -0.05) is 139 Å². The van der Waals surface area contributed by atoms with Crippen LogP contribution in [0.15, 0.2) is 73.3 Å². The Morgan fingerprint density at radius 1 is 0.589 bits per heavy atom. The minimum absolute atomic E-state index is 0.0148. The van der Waals surface area contributed by atoms with Crippen LogP contribution in [-0.4, -0.2) is 319 Å². The zero-order valence-corrected chi connectivity index (χ0v) is 83.0. The number of nitrogens with one attached hydrogen (secondary N) is 19. The normalized spacial score (nSPS) is 18.4. The number of primary amides is 1. The number of hydrogen-bond acceptors (Lipinski definition) is 28. The highest BCUT2D eigenvalue weighted by molar-refractivity contribution is 6.01. The minimum Gasteiger partial charge on any atom is -0.481 e.